The van der Waals surface area contributed by atoms with Crippen molar-refractivity contribution in [2.24, 2.45) is 5.92 Å². The zero-order chi connectivity index (χ0) is 15.0. The molecule has 3 rings (SSSR count). The monoisotopic (exact) mass is 330 g/mol. The summed E-state index contributed by atoms with van der Waals surface area (Å²) in [4.78, 5) is 23.6. The number of rotatable bonds is 2. The number of hydrogen-bond donors (Lipinski definition) is 2. The number of carbonyl (C=O) groups is 2. The Bertz CT molecular complexity index is 593. The van der Waals surface area contributed by atoms with Gasteiger partial charge in [-0.1, -0.05) is 12.1 Å². The third-order valence-electron chi connectivity index (χ3n) is 3.25. The summed E-state index contributed by atoms with van der Waals surface area (Å²) in [6.07, 6.45) is -0.468. The van der Waals surface area contributed by atoms with Crippen LogP contribution in [0.1, 0.15) is 6.42 Å². The summed E-state index contributed by atoms with van der Waals surface area (Å²) in [7, 11) is 0. The topological polar surface area (TPSA) is 76.7 Å². The smallest absolute Gasteiger partial charge is 0.283 e. The second-order valence-electron chi connectivity index (χ2n) is 4.86. The van der Waals surface area contributed by atoms with Crippen LogP contribution in [0.2, 0.25) is 0 Å². The van der Waals surface area contributed by atoms with Crippen molar-refractivity contribution in [3.8, 4) is 11.5 Å². The summed E-state index contributed by atoms with van der Waals surface area (Å²) in [5.74, 6) is -0.375. The van der Waals surface area contributed by atoms with E-state index in [2.05, 4.69) is 10.9 Å². The Morgan fingerprint density at radius 3 is 2.43 bits per heavy atom. The fourth-order valence-corrected chi connectivity index (χ4v) is 2.44. The molecule has 1 fully saturated rings. The Hall–Kier alpha value is -1.66. The molecule has 6 nitrogen and oxygen atoms in total. The van der Waals surface area contributed by atoms with Crippen molar-refractivity contribution in [1.29, 1.82) is 0 Å². The molecule has 8 heteroatoms. The second kappa shape index (κ2) is 5.27. The highest BCUT2D eigenvalue weighted by atomic mass is 35.5. The van der Waals surface area contributed by atoms with Gasteiger partial charge in [-0.05, 0) is 18.6 Å². The summed E-state index contributed by atoms with van der Waals surface area (Å²) in [5, 5.41) is 0. The number of ether oxygens (including phenoxy) is 2. The van der Waals surface area contributed by atoms with Crippen LogP contribution in [0.3, 0.4) is 0 Å². The maximum atomic E-state index is 11.9. The van der Waals surface area contributed by atoms with Crippen LogP contribution in [0.25, 0.3) is 0 Å². The molecule has 1 heterocycles. The second-order valence-corrected chi connectivity index (χ2v) is 6.40. The van der Waals surface area contributed by atoms with Crippen molar-refractivity contribution >= 4 is 35.0 Å². The molecule has 2 N–H and O–H groups in total. The fourth-order valence-electron chi connectivity index (χ4n) is 1.94. The van der Waals surface area contributed by atoms with Crippen LogP contribution in [0, 0.1) is 5.92 Å². The van der Waals surface area contributed by atoms with Gasteiger partial charge in [0.05, 0.1) is 5.92 Å². The van der Waals surface area contributed by atoms with Gasteiger partial charge in [0.15, 0.2) is 11.5 Å². The van der Waals surface area contributed by atoms with Crippen molar-refractivity contribution in [2.45, 2.75) is 16.9 Å². The average molecular weight is 331 g/mol. The van der Waals surface area contributed by atoms with E-state index in [1.807, 2.05) is 6.07 Å². The molecule has 0 radical (unpaired) electrons. The van der Waals surface area contributed by atoms with Gasteiger partial charge in [-0.15, -0.1) is 23.2 Å². The quantitative estimate of drug-likeness (QED) is 0.630. The van der Waals surface area contributed by atoms with Crippen LogP contribution < -0.4 is 20.3 Å². The molecule has 0 spiro atoms. The highest BCUT2D eigenvalue weighted by Crippen LogP contribution is 2.53. The van der Waals surface area contributed by atoms with E-state index in [4.69, 9.17) is 32.7 Å². The van der Waals surface area contributed by atoms with E-state index in [9.17, 15) is 9.59 Å². The van der Waals surface area contributed by atoms with Gasteiger partial charge in [-0.25, -0.2) is 0 Å². The molecule has 1 aromatic carbocycles. The van der Waals surface area contributed by atoms with E-state index in [1.54, 1.807) is 18.2 Å². The summed E-state index contributed by atoms with van der Waals surface area (Å²) < 4.78 is 9.89. The molecular weight excluding hydrogens is 319 g/mol. The van der Waals surface area contributed by atoms with Crippen LogP contribution in [-0.4, -0.2) is 28.9 Å². The molecule has 21 heavy (non-hydrogen) atoms. The minimum atomic E-state index is -1.03. The number of hydrazine groups is 1. The third kappa shape index (κ3) is 3.01. The highest BCUT2D eigenvalue weighted by Gasteiger charge is 2.56. The van der Waals surface area contributed by atoms with E-state index in [0.29, 0.717) is 17.9 Å². The lowest BCUT2D eigenvalue weighted by Crippen LogP contribution is -2.51. The molecule has 1 aliphatic carbocycles. The first kappa shape index (κ1) is 14.3. The number of fused-ring (bicyclic) bond motifs is 1. The Labute approximate surface area is 130 Å². The molecule has 2 atom stereocenters. The van der Waals surface area contributed by atoms with Gasteiger partial charge in [-0.2, -0.15) is 0 Å². The van der Waals surface area contributed by atoms with Gasteiger partial charge >= 0.3 is 0 Å². The molecule has 0 aromatic heterocycles. The lowest BCUT2D eigenvalue weighted by Gasteiger charge is -2.25. The summed E-state index contributed by atoms with van der Waals surface area (Å²) >= 11 is 11.5. The molecule has 0 unspecified atom stereocenters. The van der Waals surface area contributed by atoms with Crippen LogP contribution in [0.5, 0.6) is 11.5 Å². The predicted octanol–water partition coefficient (Wildman–Crippen LogP) is 1.17. The van der Waals surface area contributed by atoms with Crippen LogP contribution in [-0.2, 0) is 9.59 Å². The van der Waals surface area contributed by atoms with Crippen molar-refractivity contribution in [1.82, 2.24) is 10.9 Å². The standard InChI is InChI=1S/C13H12Cl2N2O4/c14-13(15)5-7(13)11(18)16-17-12(19)10-6-20-8-3-1-2-4-9(8)21-10/h1-4,7,10H,5-6H2,(H,16,18)(H,17,19)/t7-,10-/m0/s1. The number of nitrogens with one attached hydrogen (secondary N) is 2. The van der Waals surface area contributed by atoms with Gasteiger partial charge in [0, 0.05) is 0 Å². The van der Waals surface area contributed by atoms with Crippen LogP contribution in [0.4, 0.5) is 0 Å². The van der Waals surface area contributed by atoms with Crippen molar-refractivity contribution < 1.29 is 19.1 Å². The zero-order valence-corrected chi connectivity index (χ0v) is 12.3. The molecule has 112 valence electrons. The summed E-state index contributed by atoms with van der Waals surface area (Å²) in [6, 6.07) is 7.03. The van der Waals surface area contributed by atoms with E-state index < -0.39 is 28.2 Å². The maximum absolute atomic E-state index is 11.9. The van der Waals surface area contributed by atoms with Crippen molar-refractivity contribution in [3.63, 3.8) is 0 Å². The van der Waals surface area contributed by atoms with Gasteiger partial charge in [0.2, 0.25) is 12.0 Å². The lowest BCUT2D eigenvalue weighted by atomic mass is 10.2. The third-order valence-corrected chi connectivity index (χ3v) is 4.09. The minimum absolute atomic E-state index is 0.0666. The first-order chi connectivity index (χ1) is 9.97. The van der Waals surface area contributed by atoms with E-state index >= 15 is 0 Å². The summed E-state index contributed by atoms with van der Waals surface area (Å²) in [6.45, 7) is 0.0666. The van der Waals surface area contributed by atoms with Crippen LogP contribution in [0.15, 0.2) is 24.3 Å². The van der Waals surface area contributed by atoms with E-state index in [0.717, 1.165) is 0 Å². The number of amides is 2. The minimum Gasteiger partial charge on any atom is -0.485 e. The van der Waals surface area contributed by atoms with E-state index in [-0.39, 0.29) is 6.61 Å². The van der Waals surface area contributed by atoms with Crippen LogP contribution >= 0.6 is 23.2 Å². The Morgan fingerprint density at radius 1 is 1.14 bits per heavy atom. The molecule has 1 aliphatic heterocycles. The Morgan fingerprint density at radius 2 is 1.76 bits per heavy atom. The molecular formula is C13H12Cl2N2O4. The maximum Gasteiger partial charge on any atom is 0.283 e. The number of para-hydroxylation sites is 2. The van der Waals surface area contributed by atoms with Crippen molar-refractivity contribution in [3.05, 3.63) is 24.3 Å². The number of alkyl halides is 2. The normalized spacial score (nSPS) is 24.9. The molecule has 1 aromatic rings. The summed E-state index contributed by atoms with van der Waals surface area (Å²) in [5.41, 5.74) is 4.56. The number of halogens is 2. The van der Waals surface area contributed by atoms with Gasteiger partial charge in [0.1, 0.15) is 10.9 Å². The fraction of sp³-hybridized carbons (Fsp3) is 0.385. The van der Waals surface area contributed by atoms with Crippen molar-refractivity contribution in [2.75, 3.05) is 6.61 Å². The first-order valence-electron chi connectivity index (χ1n) is 6.33. The Kier molecular flexibility index (Phi) is 3.59. The molecule has 0 saturated heterocycles. The SMILES string of the molecule is O=C(NNC(=O)[C@@H]1CC1(Cl)Cl)[C@@H]1COc2ccccc2O1. The number of benzene rings is 1. The highest BCUT2D eigenvalue weighted by molar-refractivity contribution is 6.52. The van der Waals surface area contributed by atoms with Gasteiger partial charge in [-0.3, -0.25) is 20.4 Å². The largest absolute Gasteiger partial charge is 0.485 e. The van der Waals surface area contributed by atoms with Gasteiger partial charge in [0.25, 0.3) is 5.91 Å². The lowest BCUT2D eigenvalue weighted by molar-refractivity contribution is -0.135. The zero-order valence-electron chi connectivity index (χ0n) is 10.8. The molecule has 1 saturated carbocycles. The molecule has 2 amide bonds. The number of carbonyl (C=O) groups excluding carboxylic acids is 2. The van der Waals surface area contributed by atoms with Gasteiger partial charge < -0.3 is 9.47 Å². The predicted molar refractivity (Wildman–Crippen MR) is 75.2 cm³/mol. The number of hydrogen-bond acceptors (Lipinski definition) is 4. The Balaban J connectivity index is 1.52. The average Bonchev–Trinajstić information content (AvgIpc) is 3.13. The first-order valence-corrected chi connectivity index (χ1v) is 7.09. The molecule has 0 bridgehead atoms. The van der Waals surface area contributed by atoms with E-state index in [1.165, 1.54) is 0 Å². The molecule has 2 aliphatic rings.